The van der Waals surface area contributed by atoms with Gasteiger partial charge in [0.15, 0.2) is 0 Å². The summed E-state index contributed by atoms with van der Waals surface area (Å²) in [7, 11) is 1.61. The van der Waals surface area contributed by atoms with Crippen LogP contribution in [0, 0.1) is 23.4 Å². The quantitative estimate of drug-likeness (QED) is 0.0823. The maximum atomic E-state index is 15.0. The van der Waals surface area contributed by atoms with Crippen molar-refractivity contribution in [2.45, 2.75) is 102 Å². The Morgan fingerprint density at radius 1 is 0.863 bits per heavy atom. The van der Waals surface area contributed by atoms with Crippen molar-refractivity contribution in [2.24, 2.45) is 5.92 Å². The first-order valence-electron chi connectivity index (χ1n) is 27.7. The summed E-state index contributed by atoms with van der Waals surface area (Å²) in [5.41, 5.74) is 2.19. The normalized spacial score (nSPS) is 23.1. The number of halogens is 3. The fraction of sp³-hybridized carbons (Fsp3) is 0.492. The number of nitrogens with zero attached hydrogens (tertiary/aromatic N) is 4. The molecule has 1 unspecified atom stereocenters. The average molecular weight is 1110 g/mol. The zero-order valence-electron chi connectivity index (χ0n) is 46.0. The van der Waals surface area contributed by atoms with E-state index in [1.54, 1.807) is 50.1 Å². The number of fused-ring (bicyclic) bond motifs is 2. The number of piperazine rings is 1. The summed E-state index contributed by atoms with van der Waals surface area (Å²) in [5.74, 6) is -5.69. The largest absolute Gasteiger partial charge is 0.381 e. The Balaban J connectivity index is 0.905. The Kier molecular flexibility index (Phi) is 18.4. The fourth-order valence-electron chi connectivity index (χ4n) is 11.6. The standard InChI is InChI=1S/C59H73F3N10O8/c1-35-29-70(44(28-65-35)31-69-21-24-80-33-36(69)2)32-51(74)72-34-59(4,46-16-11-39(26-49(46)72)25-38-9-13-42(60)14-10-38)58(78)64-20-17-50(73)66-43-15-12-41-30-71(54(45(41)27-43)56(76)68-53-47(61)7-6-8-48(53)62)57(77)52(40-18-22-79-23-19-40)67-55(75)37(3)63-5/h6-16,26-27,35-37,40,44,52,54,63,65H,17-25,28-34H2,1-5H3,(H,64,78)(H,66,73)(H,67,75)(H,68,76)/t35-,36-,37+,44-,52?,54+,59-/m1/s1. The van der Waals surface area contributed by atoms with Gasteiger partial charge in [0.2, 0.25) is 29.5 Å². The van der Waals surface area contributed by atoms with Gasteiger partial charge in [-0.05, 0) is 130 Å². The van der Waals surface area contributed by atoms with Crippen molar-refractivity contribution in [1.82, 2.24) is 36.0 Å². The lowest BCUT2D eigenvalue weighted by Gasteiger charge is -2.43. The lowest BCUT2D eigenvalue weighted by molar-refractivity contribution is -0.144. The smallest absolute Gasteiger partial charge is 0.252 e. The van der Waals surface area contributed by atoms with E-state index >= 15 is 8.78 Å². The lowest BCUT2D eigenvalue weighted by atomic mass is 9.83. The van der Waals surface area contributed by atoms with Crippen molar-refractivity contribution in [2.75, 3.05) is 94.8 Å². The lowest BCUT2D eigenvalue weighted by Crippen LogP contribution is -2.62. The number of benzene rings is 4. The molecule has 5 heterocycles. The molecule has 9 rings (SSSR count). The first-order chi connectivity index (χ1) is 38.4. The van der Waals surface area contributed by atoms with Crippen LogP contribution in [0.1, 0.15) is 80.8 Å². The zero-order chi connectivity index (χ0) is 56.8. The first-order valence-corrected chi connectivity index (χ1v) is 27.7. The molecule has 4 aromatic rings. The number of hydrogen-bond acceptors (Lipinski definition) is 12. The molecule has 6 amide bonds. The minimum Gasteiger partial charge on any atom is -0.381 e. The number of morpholine rings is 1. The average Bonchev–Trinajstić information content (AvgIpc) is 4.19. The second-order valence-electron chi connectivity index (χ2n) is 22.1. The molecule has 0 aliphatic carbocycles. The van der Waals surface area contributed by atoms with E-state index in [1.807, 2.05) is 18.2 Å². The molecule has 80 heavy (non-hydrogen) atoms. The second-order valence-corrected chi connectivity index (χ2v) is 22.1. The van der Waals surface area contributed by atoms with Crippen molar-refractivity contribution in [1.29, 1.82) is 0 Å². The summed E-state index contributed by atoms with van der Waals surface area (Å²) in [6.07, 6.45) is 1.21. The number of carbonyl (C=O) groups excluding carboxylic acids is 6. The minimum absolute atomic E-state index is 0.0518. The number of para-hydroxylation sites is 1. The Hall–Kier alpha value is -6.75. The molecule has 0 saturated carbocycles. The van der Waals surface area contributed by atoms with Crippen LogP contribution in [0.2, 0.25) is 0 Å². The van der Waals surface area contributed by atoms with Crippen LogP contribution in [0.15, 0.2) is 78.9 Å². The molecule has 5 aliphatic rings. The predicted octanol–water partition coefficient (Wildman–Crippen LogP) is 4.37. The van der Waals surface area contributed by atoms with Crippen molar-refractivity contribution >= 4 is 52.5 Å². The van der Waals surface area contributed by atoms with Crippen molar-refractivity contribution in [3.05, 3.63) is 124 Å². The Morgan fingerprint density at radius 2 is 1.60 bits per heavy atom. The number of likely N-dealkylation sites (N-methyl/N-ethyl adjacent to an activating group) is 1. The van der Waals surface area contributed by atoms with Gasteiger partial charge in [0, 0.05) is 94.9 Å². The van der Waals surface area contributed by atoms with Gasteiger partial charge in [-0.15, -0.1) is 0 Å². The number of amides is 6. The highest BCUT2D eigenvalue weighted by Gasteiger charge is 2.48. The van der Waals surface area contributed by atoms with Crippen LogP contribution < -0.4 is 36.8 Å². The summed E-state index contributed by atoms with van der Waals surface area (Å²) in [6, 6.07) is 17.2. The van der Waals surface area contributed by atoms with Crippen molar-refractivity contribution in [3.8, 4) is 0 Å². The van der Waals surface area contributed by atoms with Gasteiger partial charge < -0.3 is 51.2 Å². The molecule has 0 radical (unpaired) electrons. The van der Waals surface area contributed by atoms with E-state index in [9.17, 15) is 33.2 Å². The first kappa shape index (κ1) is 57.9. The topological polar surface area (TPSA) is 206 Å². The van der Waals surface area contributed by atoms with E-state index in [-0.39, 0.29) is 80.0 Å². The van der Waals surface area contributed by atoms with Gasteiger partial charge in [0.1, 0.15) is 35.2 Å². The molecular formula is C59H73F3N10O8. The molecule has 4 aromatic carbocycles. The van der Waals surface area contributed by atoms with Gasteiger partial charge in [0.05, 0.1) is 31.2 Å². The van der Waals surface area contributed by atoms with Gasteiger partial charge in [0.25, 0.3) is 5.91 Å². The third-order valence-corrected chi connectivity index (χ3v) is 16.4. The number of hydrogen-bond donors (Lipinski definition) is 6. The molecule has 21 heteroatoms. The van der Waals surface area contributed by atoms with Crippen LogP contribution in [0.5, 0.6) is 0 Å². The highest BCUT2D eigenvalue weighted by atomic mass is 19.1. The summed E-state index contributed by atoms with van der Waals surface area (Å²) < 4.78 is 55.1. The molecule has 6 N–H and O–H groups in total. The van der Waals surface area contributed by atoms with Crippen LogP contribution in [0.25, 0.3) is 0 Å². The molecule has 0 aromatic heterocycles. The Bertz CT molecular complexity index is 2930. The summed E-state index contributed by atoms with van der Waals surface area (Å²) in [4.78, 5) is 93.1. The molecule has 5 aliphatic heterocycles. The highest BCUT2D eigenvalue weighted by Crippen LogP contribution is 2.43. The summed E-state index contributed by atoms with van der Waals surface area (Å²) >= 11 is 0. The van der Waals surface area contributed by atoms with Crippen molar-refractivity contribution in [3.63, 3.8) is 0 Å². The van der Waals surface area contributed by atoms with E-state index in [1.165, 1.54) is 23.1 Å². The molecular weight excluding hydrogens is 1030 g/mol. The van der Waals surface area contributed by atoms with Crippen LogP contribution in [0.4, 0.5) is 30.2 Å². The molecule has 3 fully saturated rings. The van der Waals surface area contributed by atoms with Gasteiger partial charge >= 0.3 is 0 Å². The molecule has 3 saturated heterocycles. The van der Waals surface area contributed by atoms with E-state index in [0.717, 1.165) is 42.4 Å². The third kappa shape index (κ3) is 13.0. The van der Waals surface area contributed by atoms with Gasteiger partial charge in [-0.2, -0.15) is 0 Å². The summed E-state index contributed by atoms with van der Waals surface area (Å²) in [6.45, 7) is 12.7. The number of carbonyl (C=O) groups is 6. The van der Waals surface area contributed by atoms with Gasteiger partial charge in [-0.1, -0.05) is 36.4 Å². The van der Waals surface area contributed by atoms with E-state index in [0.29, 0.717) is 81.2 Å². The highest BCUT2D eigenvalue weighted by molar-refractivity contribution is 6.04. The second kappa shape index (κ2) is 25.4. The molecule has 0 spiro atoms. The van der Waals surface area contributed by atoms with Crippen LogP contribution in [-0.4, -0.2) is 160 Å². The number of anilines is 3. The minimum atomic E-state index is -1.44. The fourth-order valence-corrected chi connectivity index (χ4v) is 11.6. The number of nitrogens with one attached hydrogen (secondary N) is 6. The van der Waals surface area contributed by atoms with E-state index < -0.39 is 64.5 Å². The zero-order valence-corrected chi connectivity index (χ0v) is 46.0. The van der Waals surface area contributed by atoms with Gasteiger partial charge in [-0.25, -0.2) is 13.2 Å². The van der Waals surface area contributed by atoms with E-state index in [4.69, 9.17) is 9.47 Å². The Morgan fingerprint density at radius 3 is 2.33 bits per heavy atom. The predicted molar refractivity (Wildman–Crippen MR) is 295 cm³/mol. The molecule has 18 nitrogen and oxygen atoms in total. The van der Waals surface area contributed by atoms with Crippen LogP contribution in [-0.2, 0) is 56.6 Å². The van der Waals surface area contributed by atoms with E-state index in [2.05, 4.69) is 55.5 Å². The molecule has 7 atom stereocenters. The number of ether oxygens (including phenoxy) is 2. The maximum Gasteiger partial charge on any atom is 0.252 e. The molecule has 428 valence electrons. The summed E-state index contributed by atoms with van der Waals surface area (Å²) in [5, 5.41) is 17.5. The van der Waals surface area contributed by atoms with Crippen LogP contribution >= 0.6 is 0 Å². The molecule has 0 bridgehead atoms. The SMILES string of the molecule is CN[C@@H](C)C(=O)NC(C(=O)N1Cc2ccc(NC(=O)CCNC(=O)[C@]3(C)CN(C(=O)CN4C[C@@H](C)NC[C@@H]4CN4CCOC[C@H]4C)c4cc(Cc5ccc(F)cc5)ccc43)cc2[C@H]1C(=O)Nc1c(F)cccc1F)C1CCOCC1. The number of rotatable bonds is 18. The monoisotopic (exact) mass is 1110 g/mol. The Labute approximate surface area is 464 Å². The van der Waals surface area contributed by atoms with Crippen LogP contribution in [0.3, 0.4) is 0 Å². The third-order valence-electron chi connectivity index (χ3n) is 16.4. The van der Waals surface area contributed by atoms with Gasteiger partial charge in [-0.3, -0.25) is 38.6 Å². The van der Waals surface area contributed by atoms with Crippen molar-refractivity contribution < 1.29 is 51.4 Å². The maximum absolute atomic E-state index is 15.0.